The second-order valence-corrected chi connectivity index (χ2v) is 9.06. The number of piperidine rings is 1. The van der Waals surface area contributed by atoms with E-state index in [2.05, 4.69) is 27.3 Å². The fraction of sp³-hybridized carbons (Fsp3) is 0.435. The zero-order valence-electron chi connectivity index (χ0n) is 17.6. The van der Waals surface area contributed by atoms with Gasteiger partial charge in [0.25, 0.3) is 11.1 Å². The highest BCUT2D eigenvalue weighted by molar-refractivity contribution is 6.31. The fourth-order valence-electron chi connectivity index (χ4n) is 4.86. The van der Waals surface area contributed by atoms with Gasteiger partial charge in [-0.25, -0.2) is 4.98 Å². The summed E-state index contributed by atoms with van der Waals surface area (Å²) in [4.78, 5) is 31.5. The Labute approximate surface area is 185 Å². The molecular weight excluding hydrogens is 414 g/mol. The Balaban J connectivity index is 1.21. The lowest BCUT2D eigenvalue weighted by atomic mass is 10.0. The van der Waals surface area contributed by atoms with Crippen LogP contribution in [0.2, 0.25) is 5.02 Å². The maximum atomic E-state index is 12.5. The molecule has 0 saturated carbocycles. The van der Waals surface area contributed by atoms with Gasteiger partial charge in [-0.1, -0.05) is 23.7 Å². The number of hydrogen-bond acceptors (Lipinski definition) is 5. The van der Waals surface area contributed by atoms with E-state index in [0.29, 0.717) is 23.8 Å². The fourth-order valence-corrected chi connectivity index (χ4v) is 4.98. The maximum absolute atomic E-state index is 12.5. The SMILES string of the molecule is Cc1cc(CNC2CCN(CC3Cn4c(=O)ccc5ncc(=O)n3c54)CC2)ccc1Cl. The molecule has 4 heterocycles. The molecule has 1 saturated heterocycles. The molecule has 1 aromatic carbocycles. The molecule has 0 spiro atoms. The number of halogens is 1. The number of hydrogen-bond donors (Lipinski definition) is 1. The number of aromatic nitrogens is 3. The third kappa shape index (κ3) is 3.93. The van der Waals surface area contributed by atoms with Crippen LogP contribution in [0.1, 0.15) is 30.0 Å². The van der Waals surface area contributed by atoms with Gasteiger partial charge in [-0.2, -0.15) is 0 Å². The number of nitrogens with zero attached hydrogens (tertiary/aromatic N) is 4. The maximum Gasteiger partial charge on any atom is 0.270 e. The largest absolute Gasteiger partial charge is 0.310 e. The second-order valence-electron chi connectivity index (χ2n) is 8.65. The Hall–Kier alpha value is -2.48. The molecule has 0 aliphatic carbocycles. The van der Waals surface area contributed by atoms with Gasteiger partial charge in [0.1, 0.15) is 11.2 Å². The molecule has 8 heteroatoms. The van der Waals surface area contributed by atoms with Crippen molar-refractivity contribution in [3.8, 4) is 0 Å². The summed E-state index contributed by atoms with van der Waals surface area (Å²) in [5.74, 6) is 0. The minimum Gasteiger partial charge on any atom is -0.310 e. The smallest absolute Gasteiger partial charge is 0.270 e. The van der Waals surface area contributed by atoms with E-state index in [0.717, 1.165) is 49.6 Å². The van der Waals surface area contributed by atoms with Crippen molar-refractivity contribution < 1.29 is 0 Å². The van der Waals surface area contributed by atoms with Gasteiger partial charge in [0.15, 0.2) is 0 Å². The van der Waals surface area contributed by atoms with Crippen LogP contribution < -0.4 is 16.4 Å². The summed E-state index contributed by atoms with van der Waals surface area (Å²) in [5, 5.41) is 4.47. The van der Waals surface area contributed by atoms with E-state index >= 15 is 0 Å². The molecule has 3 aromatic rings. The van der Waals surface area contributed by atoms with Crippen molar-refractivity contribution in [3.05, 3.63) is 73.4 Å². The van der Waals surface area contributed by atoms with Gasteiger partial charge >= 0.3 is 0 Å². The molecule has 0 radical (unpaired) electrons. The number of benzene rings is 1. The number of nitrogens with one attached hydrogen (secondary N) is 1. The van der Waals surface area contributed by atoms with Crippen LogP contribution in [0.5, 0.6) is 0 Å². The molecule has 7 nitrogen and oxygen atoms in total. The van der Waals surface area contributed by atoms with Crippen LogP contribution in [0.25, 0.3) is 11.2 Å². The van der Waals surface area contributed by atoms with Gasteiger partial charge in [0, 0.05) is 36.8 Å². The van der Waals surface area contributed by atoms with E-state index in [1.165, 1.54) is 17.8 Å². The van der Waals surface area contributed by atoms with Crippen molar-refractivity contribution in [2.24, 2.45) is 0 Å². The second kappa shape index (κ2) is 8.22. The lowest BCUT2D eigenvalue weighted by Crippen LogP contribution is -2.44. The summed E-state index contributed by atoms with van der Waals surface area (Å²) in [6.45, 7) is 6.12. The molecule has 162 valence electrons. The van der Waals surface area contributed by atoms with Gasteiger partial charge in [-0.3, -0.25) is 18.7 Å². The highest BCUT2D eigenvalue weighted by Crippen LogP contribution is 2.24. The minimum atomic E-state index is -0.135. The molecule has 2 aliphatic rings. The van der Waals surface area contributed by atoms with Crippen molar-refractivity contribution in [2.75, 3.05) is 19.6 Å². The highest BCUT2D eigenvalue weighted by Gasteiger charge is 2.29. The van der Waals surface area contributed by atoms with Crippen molar-refractivity contribution in [3.63, 3.8) is 0 Å². The average Bonchev–Trinajstić information content (AvgIpc) is 3.15. The van der Waals surface area contributed by atoms with E-state index in [9.17, 15) is 9.59 Å². The van der Waals surface area contributed by atoms with Gasteiger partial charge < -0.3 is 10.2 Å². The first kappa shape index (κ1) is 20.4. The molecule has 5 rings (SSSR count). The van der Waals surface area contributed by atoms with E-state index in [4.69, 9.17) is 11.6 Å². The van der Waals surface area contributed by atoms with Crippen molar-refractivity contribution in [2.45, 2.75) is 44.9 Å². The number of likely N-dealkylation sites (tertiary alicyclic amines) is 1. The Morgan fingerprint density at radius 2 is 1.94 bits per heavy atom. The van der Waals surface area contributed by atoms with Gasteiger partial charge in [0.2, 0.25) is 0 Å². The summed E-state index contributed by atoms with van der Waals surface area (Å²) in [6.07, 6.45) is 3.49. The topological polar surface area (TPSA) is 72.2 Å². The predicted molar refractivity (Wildman–Crippen MR) is 122 cm³/mol. The summed E-state index contributed by atoms with van der Waals surface area (Å²) in [7, 11) is 0. The van der Waals surface area contributed by atoms with Crippen LogP contribution in [-0.2, 0) is 13.1 Å². The first-order valence-corrected chi connectivity index (χ1v) is 11.2. The monoisotopic (exact) mass is 439 g/mol. The molecule has 0 amide bonds. The van der Waals surface area contributed by atoms with Crippen LogP contribution in [0, 0.1) is 6.92 Å². The standard InChI is InChI=1S/C23H26ClN5O2/c1-15-10-16(2-3-19(15)24)11-25-17-6-8-27(9-7-17)13-18-14-28-21(30)5-4-20-23(28)29(18)22(31)12-26-20/h2-5,10,12,17-18,25H,6-9,11,13-14H2,1H3. The molecule has 1 N–H and O–H groups in total. The summed E-state index contributed by atoms with van der Waals surface area (Å²) in [5.41, 5.74) is 3.50. The Morgan fingerprint density at radius 1 is 1.13 bits per heavy atom. The van der Waals surface area contributed by atoms with E-state index in [-0.39, 0.29) is 17.2 Å². The molecule has 2 aliphatic heterocycles. The van der Waals surface area contributed by atoms with Crippen LogP contribution >= 0.6 is 11.6 Å². The van der Waals surface area contributed by atoms with Crippen molar-refractivity contribution in [1.82, 2.24) is 24.3 Å². The van der Waals surface area contributed by atoms with Crippen molar-refractivity contribution in [1.29, 1.82) is 0 Å². The normalized spacial score (nSPS) is 19.4. The number of aryl methyl sites for hydroxylation is 1. The highest BCUT2D eigenvalue weighted by atomic mass is 35.5. The first-order valence-electron chi connectivity index (χ1n) is 10.8. The molecule has 31 heavy (non-hydrogen) atoms. The summed E-state index contributed by atoms with van der Waals surface area (Å²) >= 11 is 6.12. The molecular formula is C23H26ClN5O2. The van der Waals surface area contributed by atoms with Gasteiger partial charge in [0.05, 0.1) is 12.2 Å². The lowest BCUT2D eigenvalue weighted by molar-refractivity contribution is 0.171. The Morgan fingerprint density at radius 3 is 2.71 bits per heavy atom. The molecule has 1 atom stereocenters. The molecule has 1 unspecified atom stereocenters. The summed E-state index contributed by atoms with van der Waals surface area (Å²) in [6, 6.07) is 9.85. The Bertz CT molecular complexity index is 1240. The van der Waals surface area contributed by atoms with E-state index in [1.807, 2.05) is 13.0 Å². The number of pyridine rings is 1. The molecule has 0 bridgehead atoms. The molecule has 1 fully saturated rings. The van der Waals surface area contributed by atoms with Crippen LogP contribution in [-0.4, -0.2) is 44.7 Å². The van der Waals surface area contributed by atoms with Crippen LogP contribution in [0.4, 0.5) is 0 Å². The van der Waals surface area contributed by atoms with Crippen molar-refractivity contribution >= 4 is 22.8 Å². The first-order chi connectivity index (χ1) is 15.0. The quantitative estimate of drug-likeness (QED) is 0.660. The number of rotatable bonds is 5. The average molecular weight is 440 g/mol. The van der Waals surface area contributed by atoms with E-state index < -0.39 is 0 Å². The summed E-state index contributed by atoms with van der Waals surface area (Å²) < 4.78 is 3.45. The third-order valence-corrected chi connectivity index (χ3v) is 6.97. The van der Waals surface area contributed by atoms with Crippen LogP contribution in [0.3, 0.4) is 0 Å². The van der Waals surface area contributed by atoms with Gasteiger partial charge in [-0.05, 0) is 56.1 Å². The van der Waals surface area contributed by atoms with E-state index in [1.54, 1.807) is 15.2 Å². The third-order valence-electron chi connectivity index (χ3n) is 6.55. The molecule has 2 aromatic heterocycles. The predicted octanol–water partition coefficient (Wildman–Crippen LogP) is 2.33. The minimum absolute atomic E-state index is 0.0327. The zero-order valence-corrected chi connectivity index (χ0v) is 18.3. The van der Waals surface area contributed by atoms with Gasteiger partial charge in [-0.15, -0.1) is 0 Å². The Kier molecular flexibility index (Phi) is 5.42. The lowest BCUT2D eigenvalue weighted by Gasteiger charge is -2.34. The van der Waals surface area contributed by atoms with Crippen LogP contribution in [0.15, 0.2) is 46.1 Å². The zero-order chi connectivity index (χ0) is 21.5.